The van der Waals surface area contributed by atoms with Crippen LogP contribution in [0.3, 0.4) is 0 Å². The standard InChI is InChI=1S/C9H6O2S/c10-9(12)8-5-6-3-1-2-4-7(6)11-8/h1-5H,(H,10,12). The van der Waals surface area contributed by atoms with E-state index in [0.717, 1.165) is 11.0 Å². The van der Waals surface area contributed by atoms with Gasteiger partial charge in [-0.1, -0.05) is 30.8 Å². The van der Waals surface area contributed by atoms with E-state index in [4.69, 9.17) is 4.42 Å². The maximum atomic E-state index is 10.8. The number of thiol groups is 1. The summed E-state index contributed by atoms with van der Waals surface area (Å²) in [4.78, 5) is 10.8. The molecule has 1 heterocycles. The lowest BCUT2D eigenvalue weighted by Crippen LogP contribution is -1.81. The number of para-hydroxylation sites is 1. The highest BCUT2D eigenvalue weighted by Gasteiger charge is 2.06. The van der Waals surface area contributed by atoms with Gasteiger partial charge in [0.2, 0.25) is 0 Å². The molecular formula is C9H6O2S. The van der Waals surface area contributed by atoms with Crippen LogP contribution >= 0.6 is 12.6 Å². The Hall–Kier alpha value is -1.22. The second-order valence-electron chi connectivity index (χ2n) is 2.45. The van der Waals surface area contributed by atoms with Crippen LogP contribution in [0.5, 0.6) is 0 Å². The summed E-state index contributed by atoms with van der Waals surface area (Å²) in [6.45, 7) is 0. The summed E-state index contributed by atoms with van der Waals surface area (Å²) in [5.74, 6) is 0.291. The lowest BCUT2D eigenvalue weighted by molar-refractivity contribution is 0.106. The van der Waals surface area contributed by atoms with E-state index in [1.807, 2.05) is 24.3 Å². The second-order valence-corrected chi connectivity index (χ2v) is 2.86. The lowest BCUT2D eigenvalue weighted by Gasteiger charge is -1.83. The fourth-order valence-electron chi connectivity index (χ4n) is 1.09. The van der Waals surface area contributed by atoms with Crippen LogP contribution in [0.25, 0.3) is 11.0 Å². The summed E-state index contributed by atoms with van der Waals surface area (Å²) in [5.41, 5.74) is 0.718. The Morgan fingerprint density at radius 1 is 1.33 bits per heavy atom. The smallest absolute Gasteiger partial charge is 0.251 e. The second kappa shape index (κ2) is 2.68. The van der Waals surface area contributed by atoms with Gasteiger partial charge in [0.1, 0.15) is 5.58 Å². The Morgan fingerprint density at radius 2 is 2.08 bits per heavy atom. The highest BCUT2D eigenvalue weighted by atomic mass is 32.1. The first-order valence-electron chi connectivity index (χ1n) is 3.49. The van der Waals surface area contributed by atoms with Crippen LogP contribution in [-0.4, -0.2) is 5.12 Å². The summed E-state index contributed by atoms with van der Waals surface area (Å²) in [6, 6.07) is 9.14. The van der Waals surface area contributed by atoms with Crippen LogP contribution < -0.4 is 0 Å². The quantitative estimate of drug-likeness (QED) is 0.680. The number of furan rings is 1. The van der Waals surface area contributed by atoms with Crippen molar-refractivity contribution in [3.63, 3.8) is 0 Å². The number of hydrogen-bond donors (Lipinski definition) is 1. The molecule has 0 aliphatic carbocycles. The lowest BCUT2D eigenvalue weighted by atomic mass is 10.2. The molecule has 0 aliphatic heterocycles. The number of hydrogen-bond acceptors (Lipinski definition) is 2. The zero-order valence-corrected chi connectivity index (χ0v) is 7.04. The minimum absolute atomic E-state index is 0.291. The van der Waals surface area contributed by atoms with Gasteiger partial charge in [-0.25, -0.2) is 0 Å². The summed E-state index contributed by atoms with van der Waals surface area (Å²) in [6.07, 6.45) is 0. The van der Waals surface area contributed by atoms with Gasteiger partial charge in [0.15, 0.2) is 5.76 Å². The number of carbonyl (C=O) groups excluding carboxylic acids is 1. The van der Waals surface area contributed by atoms with E-state index >= 15 is 0 Å². The summed E-state index contributed by atoms with van der Waals surface area (Å²) in [7, 11) is 0. The van der Waals surface area contributed by atoms with Gasteiger partial charge < -0.3 is 4.42 Å². The third kappa shape index (κ3) is 1.12. The predicted molar refractivity (Wildman–Crippen MR) is 49.5 cm³/mol. The molecule has 0 unspecified atom stereocenters. The molecule has 2 nitrogen and oxygen atoms in total. The third-order valence-electron chi connectivity index (χ3n) is 1.64. The number of fused-ring (bicyclic) bond motifs is 1. The normalized spacial score (nSPS) is 10.4. The van der Waals surface area contributed by atoms with Crippen LogP contribution in [0.4, 0.5) is 0 Å². The van der Waals surface area contributed by atoms with E-state index < -0.39 is 0 Å². The van der Waals surface area contributed by atoms with E-state index in [2.05, 4.69) is 12.6 Å². The monoisotopic (exact) mass is 178 g/mol. The van der Waals surface area contributed by atoms with Crippen LogP contribution in [-0.2, 0) is 0 Å². The molecule has 60 valence electrons. The van der Waals surface area contributed by atoms with Crippen molar-refractivity contribution < 1.29 is 9.21 Å². The topological polar surface area (TPSA) is 30.2 Å². The molecule has 2 rings (SSSR count). The first kappa shape index (κ1) is 7.43. The van der Waals surface area contributed by atoms with E-state index in [-0.39, 0.29) is 5.12 Å². The zero-order valence-electron chi connectivity index (χ0n) is 6.15. The molecule has 0 saturated heterocycles. The summed E-state index contributed by atoms with van der Waals surface area (Å²) < 4.78 is 5.20. The molecule has 1 aromatic carbocycles. The number of benzene rings is 1. The summed E-state index contributed by atoms with van der Waals surface area (Å²) >= 11 is 3.67. The van der Waals surface area contributed by atoms with Crippen molar-refractivity contribution in [3.8, 4) is 0 Å². The van der Waals surface area contributed by atoms with Crippen LogP contribution in [0.2, 0.25) is 0 Å². The molecule has 0 radical (unpaired) electrons. The van der Waals surface area contributed by atoms with E-state index in [1.165, 1.54) is 0 Å². The average molecular weight is 178 g/mol. The van der Waals surface area contributed by atoms with Crippen molar-refractivity contribution in [1.82, 2.24) is 0 Å². The van der Waals surface area contributed by atoms with Gasteiger partial charge in [0.05, 0.1) is 0 Å². The van der Waals surface area contributed by atoms with E-state index in [1.54, 1.807) is 6.07 Å². The zero-order chi connectivity index (χ0) is 8.55. The molecule has 0 atom stereocenters. The molecule has 0 amide bonds. The highest BCUT2D eigenvalue weighted by molar-refractivity contribution is 7.97. The predicted octanol–water partition coefficient (Wildman–Crippen LogP) is 2.50. The van der Waals surface area contributed by atoms with Gasteiger partial charge in [-0.15, -0.1) is 0 Å². The van der Waals surface area contributed by atoms with Crippen molar-refractivity contribution in [2.24, 2.45) is 0 Å². The van der Waals surface area contributed by atoms with Crippen molar-refractivity contribution in [1.29, 1.82) is 0 Å². The first-order chi connectivity index (χ1) is 5.77. The van der Waals surface area contributed by atoms with E-state index in [9.17, 15) is 4.79 Å². The molecule has 3 heteroatoms. The van der Waals surface area contributed by atoms with Gasteiger partial charge >= 0.3 is 0 Å². The molecule has 1 aromatic heterocycles. The Labute approximate surface area is 74.6 Å². The Bertz CT molecular complexity index is 398. The molecular weight excluding hydrogens is 172 g/mol. The SMILES string of the molecule is O=C(S)c1cc2ccccc2o1. The average Bonchev–Trinajstić information content (AvgIpc) is 2.46. The summed E-state index contributed by atoms with van der Waals surface area (Å²) in [5, 5.41) is 0.584. The van der Waals surface area contributed by atoms with Crippen molar-refractivity contribution >= 4 is 28.7 Å². The van der Waals surface area contributed by atoms with Crippen molar-refractivity contribution in [3.05, 3.63) is 36.1 Å². The maximum absolute atomic E-state index is 10.8. The van der Waals surface area contributed by atoms with Crippen molar-refractivity contribution in [2.75, 3.05) is 0 Å². The molecule has 0 spiro atoms. The fourth-order valence-corrected chi connectivity index (χ4v) is 1.20. The minimum Gasteiger partial charge on any atom is -0.452 e. The van der Waals surface area contributed by atoms with Gasteiger partial charge in [-0.3, -0.25) is 4.79 Å². The Kier molecular flexibility index (Phi) is 1.66. The van der Waals surface area contributed by atoms with Crippen LogP contribution in [0, 0.1) is 0 Å². The number of rotatable bonds is 1. The Morgan fingerprint density at radius 3 is 2.75 bits per heavy atom. The molecule has 12 heavy (non-hydrogen) atoms. The van der Waals surface area contributed by atoms with Gasteiger partial charge in [0.25, 0.3) is 5.12 Å². The largest absolute Gasteiger partial charge is 0.452 e. The number of carbonyl (C=O) groups is 1. The molecule has 0 fully saturated rings. The van der Waals surface area contributed by atoms with Gasteiger partial charge in [-0.05, 0) is 12.1 Å². The molecule has 0 saturated carbocycles. The van der Waals surface area contributed by atoms with Gasteiger partial charge in [-0.2, -0.15) is 0 Å². The molecule has 0 aliphatic rings. The highest BCUT2D eigenvalue weighted by Crippen LogP contribution is 2.19. The van der Waals surface area contributed by atoms with Crippen LogP contribution in [0.1, 0.15) is 10.6 Å². The third-order valence-corrected chi connectivity index (χ3v) is 1.86. The molecule has 0 bridgehead atoms. The molecule has 2 aromatic rings. The van der Waals surface area contributed by atoms with Gasteiger partial charge in [0, 0.05) is 5.39 Å². The fraction of sp³-hybridized carbons (Fsp3) is 0. The van der Waals surface area contributed by atoms with E-state index in [0.29, 0.717) is 5.76 Å². The Balaban J connectivity index is 2.70. The van der Waals surface area contributed by atoms with Crippen LogP contribution in [0.15, 0.2) is 34.7 Å². The first-order valence-corrected chi connectivity index (χ1v) is 3.94. The maximum Gasteiger partial charge on any atom is 0.251 e. The van der Waals surface area contributed by atoms with Crippen molar-refractivity contribution in [2.45, 2.75) is 0 Å². The minimum atomic E-state index is -0.341. The molecule has 0 N–H and O–H groups in total.